The number of rotatable bonds is 6. The van der Waals surface area contributed by atoms with Crippen molar-refractivity contribution >= 4 is 13.8 Å². The Labute approximate surface area is 97.5 Å². The third-order valence-corrected chi connectivity index (χ3v) is 2.29. The molecule has 0 spiro atoms. The molecule has 0 aromatic carbocycles. The van der Waals surface area contributed by atoms with E-state index in [9.17, 15) is 9.36 Å². The van der Waals surface area contributed by atoms with Gasteiger partial charge in [-0.3, -0.25) is 4.57 Å². The standard InChI is InChI=1S/C8H12N3O5P/c9-7-1-2-11(8(13)10-7)3-6(4-12)16-5-17(14)15/h1-2,6,12H,3-5H2,(H2-,9,10,13,14,15)/p+1/t6-/m0/s1. The first-order valence-electron chi connectivity index (χ1n) is 4.72. The van der Waals surface area contributed by atoms with Gasteiger partial charge in [-0.15, -0.1) is 0 Å². The van der Waals surface area contributed by atoms with Crippen molar-refractivity contribution < 1.29 is 19.3 Å². The Balaban J connectivity index is 2.67. The highest BCUT2D eigenvalue weighted by Gasteiger charge is 2.17. The molecule has 0 saturated heterocycles. The van der Waals surface area contributed by atoms with Crippen LogP contribution in [0.4, 0.5) is 5.82 Å². The summed E-state index contributed by atoms with van der Waals surface area (Å²) in [6.45, 7) is -0.341. The third kappa shape index (κ3) is 4.58. The average molecular weight is 262 g/mol. The van der Waals surface area contributed by atoms with Crippen molar-refractivity contribution in [2.24, 2.45) is 0 Å². The zero-order chi connectivity index (χ0) is 12.8. The Morgan fingerprint density at radius 1 is 1.65 bits per heavy atom. The van der Waals surface area contributed by atoms with E-state index in [2.05, 4.69) is 4.98 Å². The normalized spacial score (nSPS) is 13.4. The molecule has 94 valence electrons. The molecule has 17 heavy (non-hydrogen) atoms. The van der Waals surface area contributed by atoms with Gasteiger partial charge in [-0.05, 0) is 10.6 Å². The number of aliphatic hydroxyl groups is 1. The Morgan fingerprint density at radius 2 is 2.35 bits per heavy atom. The fraction of sp³-hybridized carbons (Fsp3) is 0.500. The lowest BCUT2D eigenvalue weighted by molar-refractivity contribution is 0.0236. The molecule has 0 fully saturated rings. The van der Waals surface area contributed by atoms with E-state index in [4.69, 9.17) is 20.5 Å². The number of aliphatic hydroxyl groups excluding tert-OH is 1. The predicted octanol–water partition coefficient (Wildman–Crippen LogP) is -1.10. The first-order chi connectivity index (χ1) is 8.02. The number of aromatic nitrogens is 2. The van der Waals surface area contributed by atoms with Gasteiger partial charge in [0, 0.05) is 6.20 Å². The largest absolute Gasteiger partial charge is 0.534 e. The molecule has 0 aliphatic carbocycles. The number of hydrogen-bond donors (Lipinski definition) is 3. The maximum absolute atomic E-state index is 11.4. The van der Waals surface area contributed by atoms with Crippen LogP contribution >= 0.6 is 8.03 Å². The lowest BCUT2D eigenvalue weighted by Gasteiger charge is -2.13. The van der Waals surface area contributed by atoms with Crippen molar-refractivity contribution in [2.45, 2.75) is 12.6 Å². The summed E-state index contributed by atoms with van der Waals surface area (Å²) in [6.07, 6.45) is 0.275. The molecule has 0 saturated carbocycles. The Morgan fingerprint density at radius 3 is 2.88 bits per heavy atom. The molecule has 1 rings (SSSR count). The molecule has 1 heterocycles. The molecule has 2 atom stereocenters. The Bertz CT molecular complexity index is 449. The fourth-order valence-electron chi connectivity index (χ4n) is 1.13. The van der Waals surface area contributed by atoms with Crippen molar-refractivity contribution in [3.8, 4) is 0 Å². The van der Waals surface area contributed by atoms with Gasteiger partial charge in [-0.25, -0.2) is 4.79 Å². The van der Waals surface area contributed by atoms with Crippen LogP contribution in [0, 0.1) is 0 Å². The molecule has 0 bridgehead atoms. The van der Waals surface area contributed by atoms with Crippen molar-refractivity contribution in [3.05, 3.63) is 22.7 Å². The molecule has 1 aromatic heterocycles. The van der Waals surface area contributed by atoms with E-state index in [-0.39, 0.29) is 19.0 Å². The summed E-state index contributed by atoms with van der Waals surface area (Å²) in [5.41, 5.74) is 4.74. The summed E-state index contributed by atoms with van der Waals surface area (Å²) in [7, 11) is -2.43. The number of nitrogen functional groups attached to an aromatic ring is 1. The van der Waals surface area contributed by atoms with E-state index in [0.29, 0.717) is 0 Å². The van der Waals surface area contributed by atoms with Gasteiger partial charge in [-0.2, -0.15) is 9.88 Å². The summed E-state index contributed by atoms with van der Waals surface area (Å²) >= 11 is 0. The number of anilines is 1. The number of ether oxygens (including phenoxy) is 1. The van der Waals surface area contributed by atoms with Gasteiger partial charge in [0.15, 0.2) is 0 Å². The van der Waals surface area contributed by atoms with E-state index in [1.807, 2.05) is 0 Å². The molecule has 1 unspecified atom stereocenters. The van der Waals surface area contributed by atoms with E-state index in [0.717, 1.165) is 0 Å². The molecule has 8 nitrogen and oxygen atoms in total. The van der Waals surface area contributed by atoms with Crippen molar-refractivity contribution in [1.29, 1.82) is 0 Å². The van der Waals surface area contributed by atoms with E-state index in [1.54, 1.807) is 0 Å². The first kappa shape index (κ1) is 13.7. The van der Waals surface area contributed by atoms with E-state index < -0.39 is 26.2 Å². The Hall–Kier alpha value is -1.34. The molecule has 4 N–H and O–H groups in total. The smallest absolute Gasteiger partial charge is 0.394 e. The fourth-order valence-corrected chi connectivity index (χ4v) is 1.47. The molecule has 9 heteroatoms. The van der Waals surface area contributed by atoms with Crippen LogP contribution in [0.2, 0.25) is 0 Å². The third-order valence-electron chi connectivity index (χ3n) is 1.92. The van der Waals surface area contributed by atoms with E-state index >= 15 is 0 Å². The monoisotopic (exact) mass is 262 g/mol. The van der Waals surface area contributed by atoms with Gasteiger partial charge in [0.05, 0.1) is 13.2 Å². The van der Waals surface area contributed by atoms with Gasteiger partial charge in [0.25, 0.3) is 6.35 Å². The summed E-state index contributed by atoms with van der Waals surface area (Å²) in [4.78, 5) is 23.4. The second kappa shape index (κ2) is 6.41. The van der Waals surface area contributed by atoms with E-state index in [1.165, 1.54) is 16.8 Å². The quantitative estimate of drug-likeness (QED) is 0.555. The van der Waals surface area contributed by atoms with Crippen LogP contribution in [0.3, 0.4) is 0 Å². The first-order valence-corrected chi connectivity index (χ1v) is 6.11. The minimum absolute atomic E-state index is 0.0335. The second-order valence-electron chi connectivity index (χ2n) is 3.24. The second-order valence-corrected chi connectivity index (χ2v) is 4.20. The maximum atomic E-state index is 11.4. The highest BCUT2D eigenvalue weighted by Crippen LogP contribution is 2.13. The highest BCUT2D eigenvalue weighted by molar-refractivity contribution is 7.37. The zero-order valence-corrected chi connectivity index (χ0v) is 9.79. The van der Waals surface area contributed by atoms with Crippen LogP contribution in [0.15, 0.2) is 17.1 Å². The van der Waals surface area contributed by atoms with Crippen LogP contribution in [-0.4, -0.2) is 38.6 Å². The van der Waals surface area contributed by atoms with Gasteiger partial charge < -0.3 is 15.6 Å². The lowest BCUT2D eigenvalue weighted by Crippen LogP contribution is -2.31. The van der Waals surface area contributed by atoms with Gasteiger partial charge in [-0.1, -0.05) is 0 Å². The zero-order valence-electron chi connectivity index (χ0n) is 8.89. The molecule has 0 aliphatic heterocycles. The van der Waals surface area contributed by atoms with Crippen molar-refractivity contribution in [2.75, 3.05) is 18.7 Å². The minimum atomic E-state index is -2.43. The SMILES string of the molecule is Nc1ccn(C[C@@H](CO)OC[P+](=O)O)c(=O)n1. The maximum Gasteiger partial charge on any atom is 0.534 e. The lowest BCUT2D eigenvalue weighted by atomic mass is 10.3. The van der Waals surface area contributed by atoms with Crippen molar-refractivity contribution in [1.82, 2.24) is 9.55 Å². The molecule has 0 radical (unpaired) electrons. The molecular formula is C8H13N3O5P+. The summed E-state index contributed by atoms with van der Waals surface area (Å²) in [5, 5.41) is 8.98. The number of nitrogens with two attached hydrogens (primary N) is 1. The minimum Gasteiger partial charge on any atom is -0.394 e. The van der Waals surface area contributed by atoms with Crippen LogP contribution in [0.25, 0.3) is 0 Å². The van der Waals surface area contributed by atoms with Crippen LogP contribution in [0.1, 0.15) is 0 Å². The number of hydrogen-bond acceptors (Lipinski definition) is 6. The van der Waals surface area contributed by atoms with Crippen LogP contribution in [0.5, 0.6) is 0 Å². The van der Waals surface area contributed by atoms with Crippen LogP contribution < -0.4 is 11.4 Å². The van der Waals surface area contributed by atoms with Crippen molar-refractivity contribution in [3.63, 3.8) is 0 Å². The summed E-state index contributed by atoms with van der Waals surface area (Å²) in [5.74, 6) is 0.103. The van der Waals surface area contributed by atoms with Gasteiger partial charge in [0.1, 0.15) is 11.9 Å². The topological polar surface area (TPSA) is 128 Å². The molecule has 0 aliphatic rings. The predicted molar refractivity (Wildman–Crippen MR) is 59.6 cm³/mol. The summed E-state index contributed by atoms with van der Waals surface area (Å²) < 4.78 is 16.6. The summed E-state index contributed by atoms with van der Waals surface area (Å²) in [6, 6.07) is 1.43. The Kier molecular flexibility index (Phi) is 5.17. The average Bonchev–Trinajstić information content (AvgIpc) is 2.26. The van der Waals surface area contributed by atoms with Crippen LogP contribution in [-0.2, 0) is 15.8 Å². The molecule has 1 aromatic rings. The highest BCUT2D eigenvalue weighted by atomic mass is 31.1. The molecular weight excluding hydrogens is 249 g/mol. The van der Waals surface area contributed by atoms with Gasteiger partial charge >= 0.3 is 13.7 Å². The number of nitrogens with zero attached hydrogens (tertiary/aromatic N) is 2. The van der Waals surface area contributed by atoms with Gasteiger partial charge in [0.2, 0.25) is 0 Å². The molecule has 0 amide bonds.